The minimum Gasteiger partial charge on any atom is -0.385 e. The minimum atomic E-state index is -4.35. The summed E-state index contributed by atoms with van der Waals surface area (Å²) < 4.78 is 144. The number of nitrogens with zero attached hydrogens (tertiary/aromatic N) is 5. The lowest BCUT2D eigenvalue weighted by molar-refractivity contribution is -0.138. The first-order valence-electron chi connectivity index (χ1n) is 30.5. The number of benzene rings is 4. The van der Waals surface area contributed by atoms with Crippen molar-refractivity contribution in [2.24, 2.45) is 0 Å². The monoisotopic (exact) mass is 1270 g/mol. The van der Waals surface area contributed by atoms with Crippen molar-refractivity contribution in [3.8, 4) is 0 Å². The Morgan fingerprint density at radius 1 is 0.506 bits per heavy atom. The van der Waals surface area contributed by atoms with Crippen molar-refractivity contribution in [3.05, 3.63) is 177 Å². The highest BCUT2D eigenvalue weighted by Crippen LogP contribution is 2.40. The number of hydrogen-bond acceptors (Lipinski definition) is 7. The van der Waals surface area contributed by atoms with Gasteiger partial charge >= 0.3 is 18.5 Å². The molecule has 3 heterocycles. The van der Waals surface area contributed by atoms with Gasteiger partial charge in [-0.3, -0.25) is 19.5 Å². The summed E-state index contributed by atoms with van der Waals surface area (Å²) in [6.45, 7) is 29.8. The number of carbonyl (C=O) groups excluding carboxylic acids is 1. The number of piperidine rings is 1. The molecule has 3 unspecified atom stereocenters. The third-order valence-electron chi connectivity index (χ3n) is 17.2. The van der Waals surface area contributed by atoms with Crippen molar-refractivity contribution < 1.29 is 57.8 Å². The van der Waals surface area contributed by atoms with Crippen LogP contribution in [0.25, 0.3) is 0 Å². The van der Waals surface area contributed by atoms with Gasteiger partial charge < -0.3 is 10.4 Å². The fourth-order valence-electron chi connectivity index (χ4n) is 12.0. The summed E-state index contributed by atoms with van der Waals surface area (Å²) in [5, 5.41) is 14.0. The Hall–Kier alpha value is -5.35. The van der Waals surface area contributed by atoms with Crippen molar-refractivity contribution >= 4 is 16.1 Å². The highest BCUT2D eigenvalue weighted by molar-refractivity contribution is 7.86. The molecule has 4 aromatic rings. The van der Waals surface area contributed by atoms with Crippen molar-refractivity contribution in [3.63, 3.8) is 0 Å². The molecule has 4 aromatic carbocycles. The van der Waals surface area contributed by atoms with Gasteiger partial charge in [-0.05, 0) is 149 Å². The Bertz CT molecular complexity index is 3090. The molecule has 1 amide bonds. The molecule has 0 aliphatic carbocycles. The Labute approximate surface area is 524 Å². The third-order valence-corrected chi connectivity index (χ3v) is 19.1. The van der Waals surface area contributed by atoms with Gasteiger partial charge in [-0.1, -0.05) is 143 Å². The van der Waals surface area contributed by atoms with Gasteiger partial charge in [-0.25, -0.2) is 0 Å². The van der Waals surface area contributed by atoms with E-state index in [1.807, 2.05) is 85.7 Å². The average Bonchev–Trinajstić information content (AvgIpc) is 2.76. The highest BCUT2D eigenvalue weighted by atomic mass is 32.2. The van der Waals surface area contributed by atoms with E-state index in [0.29, 0.717) is 58.5 Å². The Kier molecular flexibility index (Phi) is 25.4. The molecule has 0 aromatic heterocycles. The summed E-state index contributed by atoms with van der Waals surface area (Å²) in [5.74, 6) is 0.00995. The molecule has 494 valence electrons. The summed E-state index contributed by atoms with van der Waals surface area (Å²) in [6, 6.07) is 26.5. The van der Waals surface area contributed by atoms with E-state index >= 15 is 0 Å². The lowest BCUT2D eigenvalue weighted by atomic mass is 9.77. The molecule has 0 radical (unpaired) electrons. The van der Waals surface area contributed by atoms with Crippen molar-refractivity contribution in [1.29, 1.82) is 0 Å². The molecule has 0 bridgehead atoms. The van der Waals surface area contributed by atoms with Crippen LogP contribution in [-0.4, -0.2) is 134 Å². The zero-order valence-corrected chi connectivity index (χ0v) is 55.2. The van der Waals surface area contributed by atoms with E-state index in [-0.39, 0.29) is 40.3 Å². The number of amides is 1. The summed E-state index contributed by atoms with van der Waals surface area (Å²) >= 11 is 0. The molecule has 7 rings (SSSR count). The van der Waals surface area contributed by atoms with Gasteiger partial charge in [-0.15, -0.1) is 0 Å². The first-order chi connectivity index (χ1) is 41.0. The highest BCUT2D eigenvalue weighted by Gasteiger charge is 2.40. The maximum atomic E-state index is 13.0. The van der Waals surface area contributed by atoms with Gasteiger partial charge in [0.15, 0.2) is 0 Å². The van der Waals surface area contributed by atoms with Crippen LogP contribution in [0.2, 0.25) is 0 Å². The van der Waals surface area contributed by atoms with Crippen LogP contribution >= 0.6 is 0 Å². The fourth-order valence-corrected chi connectivity index (χ4v) is 13.1. The number of likely N-dealkylation sites (tertiary alicyclic amines) is 1. The smallest absolute Gasteiger partial charge is 0.385 e. The van der Waals surface area contributed by atoms with Crippen LogP contribution in [0.4, 0.5) is 39.5 Å². The van der Waals surface area contributed by atoms with Crippen LogP contribution in [0.3, 0.4) is 0 Å². The SMILES string of the molecule is CC(C)=CC(CC(C)(C)c1ccc(C(F)(F)F)cc1)N1CCC(O)(c2ccccc2)CC1.CC(C)=CC(CC(C)(C)c1ccc(C(F)(F)F)cc1)N1CCN(S(=O)(=O)N(C)C)CC1.CC(C)=CC(CC(C)(C)c1ccc(C(F)(F)F)cc1)N1CCNC(=O)C1. The molecule has 3 saturated heterocycles. The molecule has 3 aliphatic rings. The predicted molar refractivity (Wildman–Crippen MR) is 338 cm³/mol. The van der Waals surface area contributed by atoms with Gasteiger partial charge in [0, 0.05) is 84.6 Å². The second-order valence-electron chi connectivity index (χ2n) is 26.9. The number of piperazine rings is 2. The van der Waals surface area contributed by atoms with Crippen LogP contribution in [0.15, 0.2) is 138 Å². The number of aliphatic hydroxyl groups is 1. The first kappa shape index (κ1) is 74.4. The summed E-state index contributed by atoms with van der Waals surface area (Å²) in [4.78, 5) is 18.6. The first-order valence-corrected chi connectivity index (χ1v) is 31.9. The fraction of sp³-hybridized carbons (Fsp3) is 0.551. The molecular weight excluding hydrogens is 1180 g/mol. The summed E-state index contributed by atoms with van der Waals surface area (Å²) in [6.07, 6.45) is -2.90. The molecule has 3 atom stereocenters. The van der Waals surface area contributed by atoms with Gasteiger partial charge in [0.1, 0.15) is 0 Å². The van der Waals surface area contributed by atoms with Crippen molar-refractivity contribution in [1.82, 2.24) is 28.6 Å². The lowest BCUT2D eigenvalue weighted by Gasteiger charge is -2.43. The molecule has 0 spiro atoms. The molecule has 89 heavy (non-hydrogen) atoms. The van der Waals surface area contributed by atoms with Crippen LogP contribution in [0.5, 0.6) is 0 Å². The maximum absolute atomic E-state index is 13.0. The number of halogens is 9. The Morgan fingerprint density at radius 3 is 1.12 bits per heavy atom. The van der Waals surface area contributed by atoms with Gasteiger partial charge in [0.2, 0.25) is 5.91 Å². The maximum Gasteiger partial charge on any atom is 0.416 e. The topological polar surface area (TPSA) is 99.7 Å². The standard InChI is InChI=1S/C27H34F3NO.C22H34F3N3O2S.C20H27F3N2O/c1-20(2)18-24(19-25(3,4)21-10-12-23(13-11-21)27(28,29)30)31-16-14-26(32,15-17-31)22-8-6-5-7-9-22;1-17(2)15-20(27-11-13-28(14-12-27)31(29,30)26(5)6)16-21(3,4)18-7-9-19(10-8-18)22(23,24)25;1-14(2)11-17(25-10-9-24-18(26)13-25)12-19(3,4)15-5-7-16(8-6-15)20(21,22)23/h5-13,18,24,32H,14-17,19H2,1-4H3;7-10,15,20H,11-14,16H2,1-6H3;5-8,11,17H,9-10,12-13H2,1-4H3,(H,24,26). The van der Waals surface area contributed by atoms with Crippen LogP contribution in [0, 0.1) is 0 Å². The van der Waals surface area contributed by atoms with Crippen molar-refractivity contribution in [2.75, 3.05) is 73.0 Å². The van der Waals surface area contributed by atoms with E-state index in [9.17, 15) is 57.8 Å². The Morgan fingerprint density at radius 2 is 0.820 bits per heavy atom. The number of allylic oxidation sites excluding steroid dienone is 3. The van der Waals surface area contributed by atoms with Gasteiger partial charge in [0.25, 0.3) is 10.2 Å². The quantitative estimate of drug-likeness (QED) is 0.0756. The van der Waals surface area contributed by atoms with E-state index in [1.165, 1.54) is 40.4 Å². The third kappa shape index (κ3) is 21.6. The van der Waals surface area contributed by atoms with E-state index in [4.69, 9.17) is 0 Å². The Balaban J connectivity index is 0.000000244. The number of nitrogens with one attached hydrogen (secondary N) is 1. The van der Waals surface area contributed by atoms with E-state index in [2.05, 4.69) is 65.9 Å². The van der Waals surface area contributed by atoms with Crippen LogP contribution in [0.1, 0.15) is 154 Å². The zero-order valence-electron chi connectivity index (χ0n) is 54.4. The predicted octanol–water partition coefficient (Wildman–Crippen LogP) is 15.0. The molecule has 3 aliphatic heterocycles. The van der Waals surface area contributed by atoms with Crippen molar-refractivity contribution in [2.45, 2.75) is 174 Å². The molecule has 10 nitrogen and oxygen atoms in total. The van der Waals surface area contributed by atoms with Crippen LogP contribution in [-0.2, 0) is 55.4 Å². The number of rotatable bonds is 18. The normalized spacial score (nSPS) is 18.1. The molecule has 0 saturated carbocycles. The van der Waals surface area contributed by atoms with E-state index in [1.54, 1.807) is 36.4 Å². The summed E-state index contributed by atoms with van der Waals surface area (Å²) in [7, 11) is -0.378. The second-order valence-corrected chi connectivity index (χ2v) is 29.0. The lowest BCUT2D eigenvalue weighted by Crippen LogP contribution is -2.54. The zero-order chi connectivity index (χ0) is 66.7. The van der Waals surface area contributed by atoms with Gasteiger partial charge in [-0.2, -0.15) is 56.5 Å². The van der Waals surface area contributed by atoms with Gasteiger partial charge in [0.05, 0.1) is 28.8 Å². The molecular formula is C69H95F9N6O4S. The molecule has 20 heteroatoms. The second kappa shape index (κ2) is 30.4. The largest absolute Gasteiger partial charge is 0.416 e. The average molecular weight is 1280 g/mol. The number of hydrogen-bond donors (Lipinski definition) is 2. The minimum absolute atomic E-state index is 0.00995. The van der Waals surface area contributed by atoms with E-state index < -0.39 is 51.0 Å². The van der Waals surface area contributed by atoms with Crippen LogP contribution < -0.4 is 5.32 Å². The number of carbonyl (C=O) groups is 1. The molecule has 2 N–H and O–H groups in total. The summed E-state index contributed by atoms with van der Waals surface area (Å²) in [5.41, 5.74) is 3.40. The van der Waals surface area contributed by atoms with E-state index in [0.717, 1.165) is 90.1 Å². The number of alkyl halides is 9. The molecule has 3 fully saturated rings.